The number of hydrogen-bond donors (Lipinski definition) is 0. The second kappa shape index (κ2) is 7.20. The maximum atomic E-state index is 12.2. The molecule has 1 amide bonds. The van der Waals surface area contributed by atoms with Crippen LogP contribution in [0.5, 0.6) is 0 Å². The van der Waals surface area contributed by atoms with Crippen LogP contribution < -0.4 is 0 Å². The summed E-state index contributed by atoms with van der Waals surface area (Å²) >= 11 is 5.95. The molecule has 1 aromatic rings. The van der Waals surface area contributed by atoms with Crippen molar-refractivity contribution >= 4 is 17.5 Å². The first-order chi connectivity index (χ1) is 11.1. The summed E-state index contributed by atoms with van der Waals surface area (Å²) < 4.78 is 5.02. The van der Waals surface area contributed by atoms with E-state index in [0.717, 1.165) is 44.2 Å². The van der Waals surface area contributed by atoms with E-state index in [-0.39, 0.29) is 5.91 Å². The van der Waals surface area contributed by atoms with Crippen molar-refractivity contribution in [3.8, 4) is 0 Å². The molecule has 4 nitrogen and oxygen atoms in total. The average molecular weight is 337 g/mol. The number of nitrogens with zero attached hydrogens (tertiary/aromatic N) is 2. The van der Waals surface area contributed by atoms with E-state index >= 15 is 0 Å². The first-order valence-electron chi connectivity index (χ1n) is 8.34. The number of amides is 1. The van der Waals surface area contributed by atoms with Gasteiger partial charge in [-0.2, -0.15) is 0 Å². The van der Waals surface area contributed by atoms with Crippen molar-refractivity contribution in [1.82, 2.24) is 9.80 Å². The van der Waals surface area contributed by atoms with Crippen LogP contribution in [0.25, 0.3) is 0 Å². The minimum absolute atomic E-state index is 0.236. The van der Waals surface area contributed by atoms with E-state index in [1.54, 1.807) is 7.11 Å². The third kappa shape index (κ3) is 4.06. The van der Waals surface area contributed by atoms with Crippen molar-refractivity contribution < 1.29 is 9.53 Å². The minimum Gasteiger partial charge on any atom is -0.384 e. The largest absolute Gasteiger partial charge is 0.384 e. The van der Waals surface area contributed by atoms with Crippen molar-refractivity contribution in [2.75, 3.05) is 39.9 Å². The lowest BCUT2D eigenvalue weighted by atomic mass is 9.86. The number of carbonyl (C=O) groups is 1. The molecule has 0 radical (unpaired) electrons. The number of likely N-dealkylation sites (tertiary alicyclic amines) is 2. The Hall–Kier alpha value is -1.10. The van der Waals surface area contributed by atoms with E-state index < -0.39 is 0 Å². The van der Waals surface area contributed by atoms with Crippen molar-refractivity contribution in [2.24, 2.45) is 5.41 Å². The van der Waals surface area contributed by atoms with E-state index in [9.17, 15) is 4.79 Å². The lowest BCUT2D eigenvalue weighted by Crippen LogP contribution is -2.34. The number of ether oxygens (including phenoxy) is 1. The maximum Gasteiger partial charge on any atom is 0.224 e. The minimum atomic E-state index is 0.236. The second-order valence-corrected chi connectivity index (χ2v) is 7.33. The standard InChI is InChI=1S/C18H25ClN2O2/c1-23-11-6-17(22)21-10-8-18(14-21)7-9-20(13-18)12-15-2-4-16(19)5-3-15/h2-5H,6-14H2,1H3. The van der Waals surface area contributed by atoms with Crippen LogP contribution in [0, 0.1) is 5.41 Å². The molecule has 1 spiro atoms. The van der Waals surface area contributed by atoms with E-state index in [0.29, 0.717) is 18.4 Å². The predicted octanol–water partition coefficient (Wildman–Crippen LogP) is 2.80. The van der Waals surface area contributed by atoms with Crippen LogP contribution in [0.1, 0.15) is 24.8 Å². The van der Waals surface area contributed by atoms with Gasteiger partial charge in [-0.25, -0.2) is 0 Å². The van der Waals surface area contributed by atoms with E-state index in [2.05, 4.69) is 17.0 Å². The summed E-state index contributed by atoms with van der Waals surface area (Å²) in [5, 5.41) is 0.785. The summed E-state index contributed by atoms with van der Waals surface area (Å²) in [4.78, 5) is 16.7. The zero-order chi connectivity index (χ0) is 16.3. The van der Waals surface area contributed by atoms with Crippen molar-refractivity contribution in [3.05, 3.63) is 34.9 Å². The summed E-state index contributed by atoms with van der Waals surface area (Å²) in [6.45, 7) is 5.50. The summed E-state index contributed by atoms with van der Waals surface area (Å²) in [6, 6.07) is 8.11. The molecule has 0 bridgehead atoms. The van der Waals surface area contributed by atoms with Gasteiger partial charge in [0.1, 0.15) is 0 Å². The molecular weight excluding hydrogens is 312 g/mol. The molecule has 5 heteroatoms. The Balaban J connectivity index is 1.53. The maximum absolute atomic E-state index is 12.2. The molecule has 2 aliphatic rings. The highest BCUT2D eigenvalue weighted by Crippen LogP contribution is 2.40. The molecule has 0 N–H and O–H groups in total. The van der Waals surface area contributed by atoms with Gasteiger partial charge in [-0.1, -0.05) is 23.7 Å². The Labute approximate surface area is 143 Å². The van der Waals surface area contributed by atoms with Gasteiger partial charge in [0.15, 0.2) is 0 Å². The average Bonchev–Trinajstić information content (AvgIpc) is 3.15. The van der Waals surface area contributed by atoms with Gasteiger partial charge in [0, 0.05) is 43.7 Å². The van der Waals surface area contributed by atoms with Gasteiger partial charge in [0.05, 0.1) is 13.0 Å². The zero-order valence-electron chi connectivity index (χ0n) is 13.8. The molecular formula is C18H25ClN2O2. The number of halogens is 1. The highest BCUT2D eigenvalue weighted by atomic mass is 35.5. The monoisotopic (exact) mass is 336 g/mol. The predicted molar refractivity (Wildman–Crippen MR) is 91.5 cm³/mol. The highest BCUT2D eigenvalue weighted by molar-refractivity contribution is 6.30. The van der Waals surface area contributed by atoms with Crippen LogP contribution in [-0.2, 0) is 16.1 Å². The van der Waals surface area contributed by atoms with Crippen LogP contribution >= 0.6 is 11.6 Å². The molecule has 1 unspecified atom stereocenters. The molecule has 2 heterocycles. The summed E-state index contributed by atoms with van der Waals surface area (Å²) in [5.74, 6) is 0.236. The third-order valence-corrected chi connectivity index (χ3v) is 5.40. The van der Waals surface area contributed by atoms with E-state index in [4.69, 9.17) is 16.3 Å². The molecule has 0 saturated carbocycles. The van der Waals surface area contributed by atoms with Crippen LogP contribution in [0.2, 0.25) is 5.02 Å². The first kappa shape index (κ1) is 16.7. The molecule has 3 rings (SSSR count). The number of rotatable bonds is 5. The molecule has 23 heavy (non-hydrogen) atoms. The molecule has 0 aliphatic carbocycles. The molecule has 2 saturated heterocycles. The van der Waals surface area contributed by atoms with Crippen molar-refractivity contribution in [2.45, 2.75) is 25.8 Å². The number of carbonyl (C=O) groups excluding carboxylic acids is 1. The van der Waals surface area contributed by atoms with E-state index in [1.165, 1.54) is 12.0 Å². The smallest absolute Gasteiger partial charge is 0.224 e. The Bertz CT molecular complexity index is 548. The summed E-state index contributed by atoms with van der Waals surface area (Å²) in [6.07, 6.45) is 2.82. The fraction of sp³-hybridized carbons (Fsp3) is 0.611. The van der Waals surface area contributed by atoms with Crippen LogP contribution in [-0.4, -0.2) is 55.6 Å². The van der Waals surface area contributed by atoms with Crippen molar-refractivity contribution in [1.29, 1.82) is 0 Å². The fourth-order valence-electron chi connectivity index (χ4n) is 3.84. The molecule has 1 aromatic carbocycles. The Morgan fingerprint density at radius 2 is 1.96 bits per heavy atom. The quantitative estimate of drug-likeness (QED) is 0.829. The third-order valence-electron chi connectivity index (χ3n) is 5.15. The number of methoxy groups -OCH3 is 1. The van der Waals surface area contributed by atoms with Crippen molar-refractivity contribution in [3.63, 3.8) is 0 Å². The molecule has 2 fully saturated rings. The Kier molecular flexibility index (Phi) is 5.24. The van der Waals surface area contributed by atoms with Gasteiger partial charge in [0.25, 0.3) is 0 Å². The first-order valence-corrected chi connectivity index (χ1v) is 8.72. The van der Waals surface area contributed by atoms with Gasteiger partial charge in [-0.05, 0) is 37.1 Å². The number of benzene rings is 1. The Morgan fingerprint density at radius 1 is 1.22 bits per heavy atom. The van der Waals surface area contributed by atoms with Crippen LogP contribution in [0.3, 0.4) is 0 Å². The molecule has 0 aromatic heterocycles. The van der Waals surface area contributed by atoms with Gasteiger partial charge in [-0.3, -0.25) is 9.69 Å². The van der Waals surface area contributed by atoms with Gasteiger partial charge >= 0.3 is 0 Å². The second-order valence-electron chi connectivity index (χ2n) is 6.90. The summed E-state index contributed by atoms with van der Waals surface area (Å²) in [7, 11) is 1.64. The van der Waals surface area contributed by atoms with Crippen LogP contribution in [0.4, 0.5) is 0 Å². The van der Waals surface area contributed by atoms with E-state index in [1.807, 2.05) is 17.0 Å². The normalized spacial score (nSPS) is 24.7. The van der Waals surface area contributed by atoms with Gasteiger partial charge < -0.3 is 9.64 Å². The Morgan fingerprint density at radius 3 is 2.70 bits per heavy atom. The SMILES string of the molecule is COCCC(=O)N1CCC2(CCN(Cc3ccc(Cl)cc3)C2)C1. The molecule has 2 aliphatic heterocycles. The highest BCUT2D eigenvalue weighted by Gasteiger charge is 2.44. The lowest BCUT2D eigenvalue weighted by molar-refractivity contribution is -0.131. The topological polar surface area (TPSA) is 32.8 Å². The lowest BCUT2D eigenvalue weighted by Gasteiger charge is -2.25. The van der Waals surface area contributed by atoms with Gasteiger partial charge in [0.2, 0.25) is 5.91 Å². The fourth-order valence-corrected chi connectivity index (χ4v) is 3.97. The molecule has 1 atom stereocenters. The summed E-state index contributed by atoms with van der Waals surface area (Å²) in [5.41, 5.74) is 1.60. The molecule has 126 valence electrons. The zero-order valence-corrected chi connectivity index (χ0v) is 14.5. The van der Waals surface area contributed by atoms with Gasteiger partial charge in [-0.15, -0.1) is 0 Å². The number of hydrogen-bond acceptors (Lipinski definition) is 3. The van der Waals surface area contributed by atoms with Crippen LogP contribution in [0.15, 0.2) is 24.3 Å².